The molecular formula is C28H18Cl10. The molecule has 0 aromatic heterocycles. The molecule has 0 aliphatic heterocycles. The minimum Gasteiger partial charge on any atom is -0.0843 e. The van der Waals surface area contributed by atoms with Crippen molar-refractivity contribution >= 4 is 116 Å². The summed E-state index contributed by atoms with van der Waals surface area (Å²) in [6.45, 7) is 0. The minimum atomic E-state index is -1.46. The molecule has 0 radical (unpaired) electrons. The molecule has 0 fully saturated rings. The second kappa shape index (κ2) is 14.1. The van der Waals surface area contributed by atoms with Gasteiger partial charge in [0.05, 0.1) is 11.8 Å². The van der Waals surface area contributed by atoms with Crippen molar-refractivity contribution in [3.8, 4) is 0 Å². The van der Waals surface area contributed by atoms with Crippen LogP contribution in [0.25, 0.3) is 0 Å². The number of benzene rings is 4. The minimum absolute atomic E-state index is 0.382. The number of hydrogen-bond acceptors (Lipinski definition) is 0. The van der Waals surface area contributed by atoms with Crippen LogP contribution in [0, 0.1) is 0 Å². The van der Waals surface area contributed by atoms with Crippen molar-refractivity contribution in [1.82, 2.24) is 0 Å². The van der Waals surface area contributed by atoms with Crippen molar-refractivity contribution in [3.63, 3.8) is 0 Å². The molecule has 0 heterocycles. The molecule has 200 valence electrons. The summed E-state index contributed by atoms with van der Waals surface area (Å²) in [4.78, 5) is 0. The van der Waals surface area contributed by atoms with Crippen LogP contribution in [0.5, 0.6) is 0 Å². The molecule has 4 aromatic rings. The Kier molecular flexibility index (Phi) is 12.0. The van der Waals surface area contributed by atoms with Crippen LogP contribution in [-0.2, 0) is 0 Å². The van der Waals surface area contributed by atoms with E-state index in [1.165, 1.54) is 0 Å². The van der Waals surface area contributed by atoms with Crippen molar-refractivity contribution in [3.05, 3.63) is 139 Å². The third-order valence-electron chi connectivity index (χ3n) is 5.47. The normalized spacial score (nSPS) is 11.9. The fourth-order valence-corrected chi connectivity index (χ4v) is 5.78. The van der Waals surface area contributed by atoms with Gasteiger partial charge in [0.1, 0.15) is 0 Å². The van der Waals surface area contributed by atoms with E-state index in [0.29, 0.717) is 20.1 Å². The Labute approximate surface area is 272 Å². The summed E-state index contributed by atoms with van der Waals surface area (Å²) < 4.78 is -2.91. The van der Waals surface area contributed by atoms with Crippen molar-refractivity contribution in [2.75, 3.05) is 0 Å². The van der Waals surface area contributed by atoms with Crippen LogP contribution in [0.4, 0.5) is 0 Å². The maximum atomic E-state index is 6.11. The number of rotatable bonds is 4. The van der Waals surface area contributed by atoms with Crippen LogP contribution in [0.3, 0.4) is 0 Å². The number of halogens is 10. The van der Waals surface area contributed by atoms with Crippen molar-refractivity contribution in [2.24, 2.45) is 0 Å². The Balaban J connectivity index is 0.000000211. The highest BCUT2D eigenvalue weighted by atomic mass is 35.6. The molecule has 0 atom stereocenters. The van der Waals surface area contributed by atoms with Crippen LogP contribution in [0.1, 0.15) is 34.1 Å². The van der Waals surface area contributed by atoms with E-state index in [4.69, 9.17) is 116 Å². The maximum Gasteiger partial charge on any atom is 0.201 e. The van der Waals surface area contributed by atoms with Gasteiger partial charge in [0.15, 0.2) is 0 Å². The second-order valence-electron chi connectivity index (χ2n) is 8.16. The molecule has 0 spiro atoms. The van der Waals surface area contributed by atoms with Gasteiger partial charge >= 0.3 is 0 Å². The van der Waals surface area contributed by atoms with Gasteiger partial charge in [0.25, 0.3) is 0 Å². The van der Waals surface area contributed by atoms with E-state index in [-0.39, 0.29) is 11.8 Å². The first-order valence-electron chi connectivity index (χ1n) is 10.9. The SMILES string of the molecule is Clc1ccc(C(c2ccc(Cl)cc2)C(Cl)(Cl)Cl)cc1.Clc1ccc(C(c2ccc(Cl)cc2)C(Cl)(Cl)Cl)cc1. The van der Waals surface area contributed by atoms with E-state index >= 15 is 0 Å². The first-order chi connectivity index (χ1) is 17.8. The average molecular weight is 709 g/mol. The van der Waals surface area contributed by atoms with Crippen LogP contribution in [0.15, 0.2) is 97.1 Å². The van der Waals surface area contributed by atoms with Gasteiger partial charge in [-0.05, 0) is 70.8 Å². The van der Waals surface area contributed by atoms with Gasteiger partial charge in [0, 0.05) is 20.1 Å². The zero-order valence-electron chi connectivity index (χ0n) is 19.2. The summed E-state index contributed by atoms with van der Waals surface area (Å²) in [5, 5.41) is 2.57. The lowest BCUT2D eigenvalue weighted by molar-refractivity contribution is 0.839. The monoisotopic (exact) mass is 704 g/mol. The Hall–Kier alpha value is -0.220. The van der Waals surface area contributed by atoms with Crippen molar-refractivity contribution < 1.29 is 0 Å². The highest BCUT2D eigenvalue weighted by molar-refractivity contribution is 6.68. The van der Waals surface area contributed by atoms with E-state index in [1.54, 1.807) is 48.5 Å². The first-order valence-corrected chi connectivity index (χ1v) is 14.7. The summed E-state index contributed by atoms with van der Waals surface area (Å²) in [7, 11) is 0. The quantitative estimate of drug-likeness (QED) is 0.185. The molecule has 0 saturated carbocycles. The number of hydrogen-bond donors (Lipinski definition) is 0. The van der Waals surface area contributed by atoms with Crippen molar-refractivity contribution in [2.45, 2.75) is 19.4 Å². The molecule has 0 aliphatic carbocycles. The summed E-state index contributed by atoms with van der Waals surface area (Å²) in [5.74, 6) is -0.765. The predicted molar refractivity (Wildman–Crippen MR) is 170 cm³/mol. The van der Waals surface area contributed by atoms with Gasteiger partial charge in [-0.15, -0.1) is 0 Å². The molecular weight excluding hydrogens is 691 g/mol. The highest BCUT2D eigenvalue weighted by Crippen LogP contribution is 2.47. The van der Waals surface area contributed by atoms with Crippen LogP contribution in [0.2, 0.25) is 20.1 Å². The standard InChI is InChI=1S/2C14H9Cl5/c2*15-11-5-1-9(2-6-11)13(14(17,18)19)10-3-7-12(16)8-4-10/h2*1-8,13H. The summed E-state index contributed by atoms with van der Waals surface area (Å²) in [5.41, 5.74) is 3.52. The molecule has 0 aliphatic rings. The highest BCUT2D eigenvalue weighted by Gasteiger charge is 2.36. The van der Waals surface area contributed by atoms with Gasteiger partial charge in [-0.1, -0.05) is 165 Å². The van der Waals surface area contributed by atoms with Gasteiger partial charge in [0.2, 0.25) is 7.59 Å². The fraction of sp³-hybridized carbons (Fsp3) is 0.143. The number of alkyl halides is 6. The van der Waals surface area contributed by atoms with Gasteiger partial charge in [-0.3, -0.25) is 0 Å². The Bertz CT molecular complexity index is 1090. The lowest BCUT2D eigenvalue weighted by Gasteiger charge is -2.25. The Morgan fingerprint density at radius 1 is 0.316 bits per heavy atom. The first kappa shape index (κ1) is 32.3. The van der Waals surface area contributed by atoms with Crippen LogP contribution < -0.4 is 0 Å². The molecule has 0 unspecified atom stereocenters. The topological polar surface area (TPSA) is 0 Å². The van der Waals surface area contributed by atoms with E-state index < -0.39 is 7.59 Å². The van der Waals surface area contributed by atoms with E-state index in [9.17, 15) is 0 Å². The molecule has 0 nitrogen and oxygen atoms in total. The fourth-order valence-electron chi connectivity index (χ4n) is 3.76. The van der Waals surface area contributed by atoms with Crippen LogP contribution in [-0.4, -0.2) is 7.59 Å². The molecule has 0 N–H and O–H groups in total. The lowest BCUT2D eigenvalue weighted by Crippen LogP contribution is -2.18. The second-order valence-corrected chi connectivity index (χ2v) is 14.6. The Morgan fingerprint density at radius 2 is 0.474 bits per heavy atom. The molecule has 10 heteroatoms. The third kappa shape index (κ3) is 9.42. The zero-order chi connectivity index (χ0) is 28.1. The smallest absolute Gasteiger partial charge is 0.0843 e. The molecule has 4 aromatic carbocycles. The summed E-state index contributed by atoms with van der Waals surface area (Å²) in [6, 6.07) is 29.0. The average Bonchev–Trinajstić information content (AvgIpc) is 2.83. The lowest BCUT2D eigenvalue weighted by atomic mass is 9.92. The zero-order valence-corrected chi connectivity index (χ0v) is 26.7. The molecule has 4 rings (SSSR count). The Morgan fingerprint density at radius 3 is 0.605 bits per heavy atom. The maximum absolute atomic E-state index is 6.11. The molecule has 0 bridgehead atoms. The van der Waals surface area contributed by atoms with Gasteiger partial charge in [-0.2, -0.15) is 0 Å². The molecule has 0 amide bonds. The van der Waals surface area contributed by atoms with Crippen LogP contribution >= 0.6 is 116 Å². The van der Waals surface area contributed by atoms with E-state index in [0.717, 1.165) is 22.3 Å². The van der Waals surface area contributed by atoms with E-state index in [1.807, 2.05) is 48.5 Å². The predicted octanol–water partition coefficient (Wildman–Crippen LogP) is 13.0. The molecule has 0 saturated heterocycles. The summed E-state index contributed by atoms with van der Waals surface area (Å²) in [6.07, 6.45) is 0. The van der Waals surface area contributed by atoms with E-state index in [2.05, 4.69) is 0 Å². The van der Waals surface area contributed by atoms with Gasteiger partial charge in [-0.25, -0.2) is 0 Å². The largest absolute Gasteiger partial charge is 0.201 e. The third-order valence-corrected chi connectivity index (χ3v) is 7.79. The molecule has 38 heavy (non-hydrogen) atoms. The summed E-state index contributed by atoms with van der Waals surface area (Å²) >= 11 is 60.2. The van der Waals surface area contributed by atoms with Gasteiger partial charge < -0.3 is 0 Å². The van der Waals surface area contributed by atoms with Crippen molar-refractivity contribution in [1.29, 1.82) is 0 Å².